The second kappa shape index (κ2) is 4.01. The first-order chi connectivity index (χ1) is 7.33. The smallest absolute Gasteiger partial charge is 0.159 e. The van der Waals surface area contributed by atoms with Gasteiger partial charge in [0.2, 0.25) is 0 Å². The predicted octanol–water partition coefficient (Wildman–Crippen LogP) is 1.43. The Balaban J connectivity index is 2.35. The van der Waals surface area contributed by atoms with Gasteiger partial charge in [-0.1, -0.05) is 0 Å². The fraction of sp³-hybridized carbons (Fsp3) is 0.273. The fourth-order valence-electron chi connectivity index (χ4n) is 1.45. The van der Waals surface area contributed by atoms with Crippen LogP contribution in [-0.2, 0) is 6.54 Å². The number of nitrogens with two attached hydrogens (primary N) is 1. The van der Waals surface area contributed by atoms with E-state index in [-0.39, 0.29) is 0 Å². The van der Waals surface area contributed by atoms with E-state index >= 15 is 0 Å². The van der Waals surface area contributed by atoms with Gasteiger partial charge in [0.15, 0.2) is 5.65 Å². The molecule has 2 N–H and O–H groups in total. The maximum atomic E-state index is 5.80. The molecule has 0 saturated heterocycles. The summed E-state index contributed by atoms with van der Waals surface area (Å²) in [6, 6.07) is 1.78. The zero-order valence-corrected chi connectivity index (χ0v) is 8.57. The maximum absolute atomic E-state index is 5.80. The van der Waals surface area contributed by atoms with E-state index in [4.69, 9.17) is 5.73 Å². The molecule has 2 heterocycles. The Labute approximate surface area is 88.1 Å². The molecule has 0 atom stereocenters. The Bertz CT molecular complexity index is 530. The van der Waals surface area contributed by atoms with Crippen molar-refractivity contribution in [2.45, 2.75) is 19.9 Å². The predicted molar refractivity (Wildman–Crippen MR) is 60.0 cm³/mol. The van der Waals surface area contributed by atoms with Crippen molar-refractivity contribution in [3.8, 4) is 11.8 Å². The minimum Gasteiger partial charge on any atom is -0.398 e. The summed E-state index contributed by atoms with van der Waals surface area (Å²) in [6.45, 7) is 2.58. The summed E-state index contributed by atoms with van der Waals surface area (Å²) in [4.78, 5) is 4.25. The molecule has 0 spiro atoms. The highest BCUT2D eigenvalue weighted by Gasteiger charge is 2.04. The van der Waals surface area contributed by atoms with Crippen molar-refractivity contribution in [3.63, 3.8) is 0 Å². The molecule has 2 aromatic rings. The monoisotopic (exact) mass is 200 g/mol. The average Bonchev–Trinajstić information content (AvgIpc) is 2.64. The van der Waals surface area contributed by atoms with E-state index in [0.29, 0.717) is 5.69 Å². The highest BCUT2D eigenvalue weighted by molar-refractivity contribution is 5.86. The summed E-state index contributed by atoms with van der Waals surface area (Å²) < 4.78 is 1.83. The molecule has 0 radical (unpaired) electrons. The lowest BCUT2D eigenvalue weighted by Crippen LogP contribution is -2.00. The summed E-state index contributed by atoms with van der Waals surface area (Å²) >= 11 is 0. The molecule has 0 aliphatic carbocycles. The molecule has 0 unspecified atom stereocenters. The van der Waals surface area contributed by atoms with Crippen LogP contribution in [0.15, 0.2) is 18.5 Å². The maximum Gasteiger partial charge on any atom is 0.159 e. The summed E-state index contributed by atoms with van der Waals surface area (Å²) in [5.74, 6) is 5.85. The first kappa shape index (κ1) is 9.53. The van der Waals surface area contributed by atoms with Crippen LogP contribution in [-0.4, -0.2) is 14.8 Å². The lowest BCUT2D eigenvalue weighted by molar-refractivity contribution is 0.646. The van der Waals surface area contributed by atoms with Crippen LogP contribution >= 0.6 is 0 Å². The summed E-state index contributed by atoms with van der Waals surface area (Å²) in [5, 5.41) is 5.14. The van der Waals surface area contributed by atoms with Crippen molar-refractivity contribution >= 4 is 16.7 Å². The lowest BCUT2D eigenvalue weighted by atomic mass is 10.3. The van der Waals surface area contributed by atoms with E-state index in [9.17, 15) is 0 Å². The van der Waals surface area contributed by atoms with Crippen LogP contribution in [0.4, 0.5) is 5.69 Å². The Hall–Kier alpha value is -2.02. The van der Waals surface area contributed by atoms with Crippen LogP contribution in [0, 0.1) is 11.8 Å². The largest absolute Gasteiger partial charge is 0.398 e. The molecule has 0 saturated carbocycles. The first-order valence-electron chi connectivity index (χ1n) is 4.78. The standard InChI is InChI=1S/C11H12N4/c1-2-3-4-7-15-11-9(8-14-15)10(12)5-6-13-11/h5-6,8H,4,7H2,1H3,(H2,12,13). The summed E-state index contributed by atoms with van der Waals surface area (Å²) in [7, 11) is 0. The van der Waals surface area contributed by atoms with Crippen molar-refractivity contribution in [1.82, 2.24) is 14.8 Å². The Morgan fingerprint density at radius 2 is 2.40 bits per heavy atom. The number of hydrogen-bond donors (Lipinski definition) is 1. The SMILES string of the molecule is CC#CCCn1ncc2c(N)ccnc21. The number of anilines is 1. The number of aromatic nitrogens is 3. The van der Waals surface area contributed by atoms with Gasteiger partial charge in [0.1, 0.15) is 0 Å². The van der Waals surface area contributed by atoms with Crippen molar-refractivity contribution in [3.05, 3.63) is 18.5 Å². The quantitative estimate of drug-likeness (QED) is 0.746. The van der Waals surface area contributed by atoms with Gasteiger partial charge in [0, 0.05) is 18.3 Å². The first-order valence-corrected chi connectivity index (χ1v) is 4.78. The van der Waals surface area contributed by atoms with Crippen LogP contribution in [0.2, 0.25) is 0 Å². The summed E-state index contributed by atoms with van der Waals surface area (Å²) in [6.07, 6.45) is 4.22. The molecule has 0 aliphatic heterocycles. The molecule has 0 aliphatic rings. The second-order valence-corrected chi connectivity index (χ2v) is 3.18. The van der Waals surface area contributed by atoms with Crippen molar-refractivity contribution < 1.29 is 0 Å². The van der Waals surface area contributed by atoms with Gasteiger partial charge in [-0.2, -0.15) is 5.10 Å². The number of fused-ring (bicyclic) bond motifs is 1. The van der Waals surface area contributed by atoms with E-state index in [1.165, 1.54) is 0 Å². The van der Waals surface area contributed by atoms with E-state index in [0.717, 1.165) is 24.0 Å². The molecule has 15 heavy (non-hydrogen) atoms. The number of rotatable bonds is 2. The van der Waals surface area contributed by atoms with Gasteiger partial charge < -0.3 is 5.73 Å². The topological polar surface area (TPSA) is 56.7 Å². The Morgan fingerprint density at radius 3 is 3.20 bits per heavy atom. The Kier molecular flexibility index (Phi) is 2.55. The van der Waals surface area contributed by atoms with E-state index in [2.05, 4.69) is 21.9 Å². The molecule has 0 amide bonds. The van der Waals surface area contributed by atoms with E-state index < -0.39 is 0 Å². The van der Waals surface area contributed by atoms with Crippen LogP contribution in [0.5, 0.6) is 0 Å². The zero-order valence-electron chi connectivity index (χ0n) is 8.57. The molecule has 2 rings (SSSR count). The normalized spacial score (nSPS) is 9.93. The van der Waals surface area contributed by atoms with E-state index in [1.807, 2.05) is 11.6 Å². The zero-order chi connectivity index (χ0) is 10.7. The molecule has 0 fully saturated rings. The van der Waals surface area contributed by atoms with Gasteiger partial charge in [-0.25, -0.2) is 9.67 Å². The van der Waals surface area contributed by atoms with Crippen LogP contribution in [0.3, 0.4) is 0 Å². The third-order valence-corrected chi connectivity index (χ3v) is 2.20. The van der Waals surface area contributed by atoms with E-state index in [1.54, 1.807) is 18.5 Å². The summed E-state index contributed by atoms with van der Waals surface area (Å²) in [5.41, 5.74) is 7.35. The third-order valence-electron chi connectivity index (χ3n) is 2.20. The van der Waals surface area contributed by atoms with Gasteiger partial charge >= 0.3 is 0 Å². The number of aryl methyl sites for hydroxylation is 1. The Morgan fingerprint density at radius 1 is 1.53 bits per heavy atom. The molecule has 0 bridgehead atoms. The molecule has 76 valence electrons. The minimum atomic E-state index is 0.716. The van der Waals surface area contributed by atoms with Crippen molar-refractivity contribution in [2.75, 3.05) is 5.73 Å². The molecule has 2 aromatic heterocycles. The number of pyridine rings is 1. The molecule has 4 nitrogen and oxygen atoms in total. The van der Waals surface area contributed by atoms with Crippen LogP contribution in [0.25, 0.3) is 11.0 Å². The fourth-order valence-corrected chi connectivity index (χ4v) is 1.45. The molecule has 4 heteroatoms. The molecular weight excluding hydrogens is 188 g/mol. The van der Waals surface area contributed by atoms with Crippen molar-refractivity contribution in [1.29, 1.82) is 0 Å². The highest BCUT2D eigenvalue weighted by atomic mass is 15.3. The van der Waals surface area contributed by atoms with Gasteiger partial charge in [-0.3, -0.25) is 0 Å². The van der Waals surface area contributed by atoms with Crippen molar-refractivity contribution in [2.24, 2.45) is 0 Å². The van der Waals surface area contributed by atoms with Gasteiger partial charge in [-0.15, -0.1) is 11.8 Å². The number of hydrogen-bond acceptors (Lipinski definition) is 3. The van der Waals surface area contributed by atoms with Gasteiger partial charge in [0.25, 0.3) is 0 Å². The minimum absolute atomic E-state index is 0.716. The highest BCUT2D eigenvalue weighted by Crippen LogP contribution is 2.17. The lowest BCUT2D eigenvalue weighted by Gasteiger charge is -1.99. The number of nitrogens with zero attached hydrogens (tertiary/aromatic N) is 3. The number of nitrogen functional groups attached to an aromatic ring is 1. The third kappa shape index (κ3) is 1.77. The van der Waals surface area contributed by atoms with Gasteiger partial charge in [0.05, 0.1) is 18.1 Å². The van der Waals surface area contributed by atoms with Crippen LogP contribution < -0.4 is 5.73 Å². The molecular formula is C11H12N4. The van der Waals surface area contributed by atoms with Crippen LogP contribution in [0.1, 0.15) is 13.3 Å². The second-order valence-electron chi connectivity index (χ2n) is 3.18. The van der Waals surface area contributed by atoms with Gasteiger partial charge in [-0.05, 0) is 13.0 Å². The molecule has 0 aromatic carbocycles. The average molecular weight is 200 g/mol.